The predicted octanol–water partition coefficient (Wildman–Crippen LogP) is 4.25. The van der Waals surface area contributed by atoms with Crippen LogP contribution in [0.3, 0.4) is 0 Å². The summed E-state index contributed by atoms with van der Waals surface area (Å²) in [5.74, 6) is 1.99. The molecule has 4 aliphatic carbocycles. The highest BCUT2D eigenvalue weighted by Gasteiger charge is 2.54. The van der Waals surface area contributed by atoms with Gasteiger partial charge in [-0.05, 0) is 82.3 Å². The minimum atomic E-state index is -0.375. The molecule has 24 heavy (non-hydrogen) atoms. The molecule has 0 heterocycles. The fourth-order valence-electron chi connectivity index (χ4n) is 5.91. The highest BCUT2D eigenvalue weighted by Crippen LogP contribution is 2.60. The van der Waals surface area contributed by atoms with Crippen LogP contribution < -0.4 is 0 Å². The molecule has 0 amide bonds. The Balaban J connectivity index is 1.42. The molecule has 0 aliphatic heterocycles. The van der Waals surface area contributed by atoms with Crippen molar-refractivity contribution < 1.29 is 14.3 Å². The number of carbonyl (C=O) groups excluding carboxylic acids is 2. The van der Waals surface area contributed by atoms with Gasteiger partial charge in [-0.15, -0.1) is 0 Å². The average Bonchev–Trinajstić information content (AvgIpc) is 2.50. The van der Waals surface area contributed by atoms with Crippen LogP contribution in [0.1, 0.15) is 60.0 Å². The number of rotatable bonds is 4. The molecule has 4 saturated carbocycles. The molecule has 1 aromatic rings. The number of Topliss-reactive ketones (excluding diaryl/α,β-unsaturated/α-hetero) is 1. The average molecular weight is 326 g/mol. The van der Waals surface area contributed by atoms with Crippen LogP contribution in [0.25, 0.3) is 0 Å². The first-order valence-electron chi connectivity index (χ1n) is 9.22. The Hall–Kier alpha value is -1.64. The van der Waals surface area contributed by atoms with Crippen LogP contribution in [0.5, 0.6) is 0 Å². The summed E-state index contributed by atoms with van der Waals surface area (Å²) in [7, 11) is 0. The second-order valence-corrected chi connectivity index (χ2v) is 8.57. The van der Waals surface area contributed by atoms with Gasteiger partial charge in [-0.2, -0.15) is 0 Å². The largest absolute Gasteiger partial charge is 0.454 e. The van der Waals surface area contributed by atoms with E-state index in [2.05, 4.69) is 0 Å². The van der Waals surface area contributed by atoms with E-state index < -0.39 is 0 Å². The van der Waals surface area contributed by atoms with Crippen LogP contribution in [-0.4, -0.2) is 18.4 Å². The molecular weight excluding hydrogens is 300 g/mol. The Morgan fingerprint density at radius 2 is 1.46 bits per heavy atom. The summed E-state index contributed by atoms with van der Waals surface area (Å²) in [6.45, 7) is 3.87. The molecule has 0 unspecified atom stereocenters. The fraction of sp³-hybridized carbons (Fsp3) is 0.619. The third-order valence-corrected chi connectivity index (χ3v) is 6.42. The molecule has 3 nitrogen and oxygen atoms in total. The number of ketones is 1. The fourth-order valence-corrected chi connectivity index (χ4v) is 5.91. The molecule has 0 N–H and O–H groups in total. The Morgan fingerprint density at radius 3 is 1.96 bits per heavy atom. The van der Waals surface area contributed by atoms with Crippen molar-refractivity contribution in [3.05, 3.63) is 34.9 Å². The van der Waals surface area contributed by atoms with E-state index in [1.54, 1.807) is 0 Å². The smallest absolute Gasteiger partial charge is 0.338 e. The molecule has 0 saturated heterocycles. The van der Waals surface area contributed by atoms with Crippen molar-refractivity contribution in [2.75, 3.05) is 6.61 Å². The van der Waals surface area contributed by atoms with Gasteiger partial charge in [0, 0.05) is 5.41 Å². The summed E-state index contributed by atoms with van der Waals surface area (Å²) in [5, 5.41) is 0. The van der Waals surface area contributed by atoms with Crippen LogP contribution in [0.2, 0.25) is 0 Å². The van der Waals surface area contributed by atoms with Gasteiger partial charge >= 0.3 is 5.97 Å². The number of carbonyl (C=O) groups is 2. The normalized spacial score (nSPS) is 33.5. The molecule has 4 aliphatic rings. The van der Waals surface area contributed by atoms with E-state index in [1.165, 1.54) is 19.3 Å². The molecule has 1 aromatic carbocycles. The molecule has 5 rings (SSSR count). The zero-order valence-electron chi connectivity index (χ0n) is 14.6. The van der Waals surface area contributed by atoms with Gasteiger partial charge in [0.25, 0.3) is 0 Å². The third-order valence-electron chi connectivity index (χ3n) is 6.42. The first-order valence-corrected chi connectivity index (χ1v) is 9.22. The molecule has 3 heteroatoms. The summed E-state index contributed by atoms with van der Waals surface area (Å²) in [6.07, 6.45) is 7.02. The minimum Gasteiger partial charge on any atom is -0.454 e. The lowest BCUT2D eigenvalue weighted by Crippen LogP contribution is -2.51. The van der Waals surface area contributed by atoms with E-state index in [0.717, 1.165) is 48.1 Å². The van der Waals surface area contributed by atoms with Crippen molar-refractivity contribution in [2.45, 2.75) is 52.4 Å². The van der Waals surface area contributed by atoms with E-state index in [0.29, 0.717) is 5.56 Å². The molecule has 4 fully saturated rings. The summed E-state index contributed by atoms with van der Waals surface area (Å²) < 4.78 is 5.40. The quantitative estimate of drug-likeness (QED) is 0.777. The van der Waals surface area contributed by atoms with Crippen molar-refractivity contribution in [2.24, 2.45) is 23.2 Å². The third kappa shape index (κ3) is 2.78. The first-order chi connectivity index (χ1) is 11.4. The predicted molar refractivity (Wildman–Crippen MR) is 91.8 cm³/mol. The first kappa shape index (κ1) is 15.9. The molecule has 0 aromatic heterocycles. The van der Waals surface area contributed by atoms with Gasteiger partial charge in [-0.1, -0.05) is 17.2 Å². The molecule has 0 atom stereocenters. The summed E-state index contributed by atoms with van der Waals surface area (Å²) in [6, 6.07) is 5.67. The Morgan fingerprint density at radius 1 is 0.958 bits per heavy atom. The van der Waals surface area contributed by atoms with Crippen LogP contribution in [0.4, 0.5) is 0 Å². The zero-order valence-corrected chi connectivity index (χ0v) is 14.6. The summed E-state index contributed by atoms with van der Waals surface area (Å²) >= 11 is 0. The summed E-state index contributed by atoms with van der Waals surface area (Å²) in [4.78, 5) is 25.2. The van der Waals surface area contributed by atoms with Crippen LogP contribution in [0.15, 0.2) is 18.2 Å². The van der Waals surface area contributed by atoms with Crippen molar-refractivity contribution >= 4 is 11.8 Å². The van der Waals surface area contributed by atoms with Crippen molar-refractivity contribution in [1.82, 2.24) is 0 Å². The summed E-state index contributed by atoms with van der Waals surface area (Å²) in [5.41, 5.74) is 2.44. The van der Waals surface area contributed by atoms with Gasteiger partial charge in [0.05, 0.1) is 5.56 Å². The maximum atomic E-state index is 12.9. The lowest BCUT2D eigenvalue weighted by Gasteiger charge is -2.55. The van der Waals surface area contributed by atoms with Gasteiger partial charge in [-0.3, -0.25) is 4.79 Å². The van der Waals surface area contributed by atoms with Crippen LogP contribution in [-0.2, 0) is 9.53 Å². The number of ether oxygens (including phenoxy) is 1. The van der Waals surface area contributed by atoms with E-state index in [-0.39, 0.29) is 23.8 Å². The van der Waals surface area contributed by atoms with E-state index in [1.807, 2.05) is 32.0 Å². The van der Waals surface area contributed by atoms with E-state index in [9.17, 15) is 9.59 Å². The number of hydrogen-bond acceptors (Lipinski definition) is 3. The van der Waals surface area contributed by atoms with Gasteiger partial charge in [0.2, 0.25) is 0 Å². The van der Waals surface area contributed by atoms with E-state index >= 15 is 0 Å². The monoisotopic (exact) mass is 326 g/mol. The molecule has 4 bridgehead atoms. The van der Waals surface area contributed by atoms with Crippen LogP contribution in [0, 0.1) is 37.0 Å². The van der Waals surface area contributed by atoms with Crippen molar-refractivity contribution in [1.29, 1.82) is 0 Å². The highest BCUT2D eigenvalue weighted by atomic mass is 16.5. The van der Waals surface area contributed by atoms with Crippen LogP contribution >= 0.6 is 0 Å². The lowest BCUT2D eigenvalue weighted by atomic mass is 9.48. The zero-order chi connectivity index (χ0) is 16.9. The number of benzene rings is 1. The molecule has 128 valence electrons. The van der Waals surface area contributed by atoms with Gasteiger partial charge in [0.1, 0.15) is 0 Å². The van der Waals surface area contributed by atoms with Gasteiger partial charge in [0.15, 0.2) is 12.4 Å². The molecular formula is C21H26O3. The highest BCUT2D eigenvalue weighted by molar-refractivity contribution is 5.93. The molecule has 0 spiro atoms. The number of aryl methyl sites for hydroxylation is 2. The van der Waals surface area contributed by atoms with Gasteiger partial charge < -0.3 is 4.74 Å². The SMILES string of the molecule is Cc1cc(C)cc(C(=O)OCC(=O)C23CC4CC(CC(C4)C2)C3)c1. The minimum absolute atomic E-state index is 0.0576. The Bertz CT molecular complexity index is 633. The maximum Gasteiger partial charge on any atom is 0.338 e. The van der Waals surface area contributed by atoms with Gasteiger partial charge in [-0.25, -0.2) is 4.79 Å². The maximum absolute atomic E-state index is 12.9. The number of hydrogen-bond donors (Lipinski definition) is 0. The molecule has 0 radical (unpaired) electrons. The standard InChI is InChI=1S/C21H26O3/c1-13-3-14(2)5-18(4-13)20(23)24-12-19(22)21-9-15-6-16(10-21)8-17(7-15)11-21/h3-5,15-17H,6-12H2,1-2H3. The second kappa shape index (κ2) is 5.72. The second-order valence-electron chi connectivity index (χ2n) is 8.57. The van der Waals surface area contributed by atoms with Crippen molar-refractivity contribution in [3.63, 3.8) is 0 Å². The Labute approximate surface area is 143 Å². The van der Waals surface area contributed by atoms with Crippen molar-refractivity contribution in [3.8, 4) is 0 Å². The van der Waals surface area contributed by atoms with E-state index in [4.69, 9.17) is 4.74 Å². The topological polar surface area (TPSA) is 43.4 Å². The number of esters is 1. The Kier molecular flexibility index (Phi) is 3.78. The lowest BCUT2D eigenvalue weighted by molar-refractivity contribution is -0.147.